The lowest BCUT2D eigenvalue weighted by Gasteiger charge is -2.22. The van der Waals surface area contributed by atoms with Gasteiger partial charge in [-0.2, -0.15) is 11.8 Å². The van der Waals surface area contributed by atoms with Crippen LogP contribution in [0.2, 0.25) is 15.1 Å². The quantitative estimate of drug-likeness (QED) is 0.537. The SMILES string of the molecule is CS(=O)(=O)N(CC(=O)NCCSCc1ccc(Cl)cc1)c1ccc(Cl)c(Cl)c1. The van der Waals surface area contributed by atoms with Crippen molar-refractivity contribution in [1.82, 2.24) is 5.32 Å². The van der Waals surface area contributed by atoms with Gasteiger partial charge in [-0.1, -0.05) is 46.9 Å². The number of nitrogens with zero attached hydrogens (tertiary/aromatic N) is 1. The minimum Gasteiger partial charge on any atom is -0.354 e. The normalized spacial score (nSPS) is 11.3. The predicted molar refractivity (Wildman–Crippen MR) is 119 cm³/mol. The van der Waals surface area contributed by atoms with E-state index in [9.17, 15) is 13.2 Å². The minimum absolute atomic E-state index is 0.215. The molecule has 0 bridgehead atoms. The highest BCUT2D eigenvalue weighted by Crippen LogP contribution is 2.28. The maximum Gasteiger partial charge on any atom is 0.240 e. The van der Waals surface area contributed by atoms with Gasteiger partial charge in [-0.15, -0.1) is 0 Å². The summed E-state index contributed by atoms with van der Waals surface area (Å²) in [6, 6.07) is 12.0. The Balaban J connectivity index is 1.84. The number of rotatable bonds is 9. The maximum atomic E-state index is 12.2. The van der Waals surface area contributed by atoms with Crippen LogP contribution in [0.4, 0.5) is 5.69 Å². The predicted octanol–water partition coefficient (Wildman–Crippen LogP) is 4.46. The summed E-state index contributed by atoms with van der Waals surface area (Å²) in [5.41, 5.74) is 1.42. The molecule has 2 aromatic carbocycles. The number of nitrogens with one attached hydrogen (secondary N) is 1. The standard InChI is InChI=1S/C18H19Cl3N2O3S2/c1-28(25,26)23(15-6-7-16(20)17(21)10-15)11-18(24)22-8-9-27-12-13-2-4-14(19)5-3-13/h2-7,10H,8-9,11-12H2,1H3,(H,22,24). The molecule has 0 saturated carbocycles. The number of hydrogen-bond donors (Lipinski definition) is 1. The highest BCUT2D eigenvalue weighted by Gasteiger charge is 2.21. The van der Waals surface area contributed by atoms with Crippen LogP contribution in [-0.2, 0) is 20.6 Å². The molecule has 0 aliphatic carbocycles. The van der Waals surface area contributed by atoms with Crippen LogP contribution >= 0.6 is 46.6 Å². The van der Waals surface area contributed by atoms with Gasteiger partial charge in [-0.25, -0.2) is 8.42 Å². The van der Waals surface area contributed by atoms with E-state index in [2.05, 4.69) is 5.32 Å². The number of thioether (sulfide) groups is 1. The molecule has 0 fully saturated rings. The molecule has 0 spiro atoms. The first-order valence-electron chi connectivity index (χ1n) is 8.18. The van der Waals surface area contributed by atoms with Crippen molar-refractivity contribution in [2.75, 3.05) is 29.4 Å². The van der Waals surface area contributed by atoms with Crippen molar-refractivity contribution in [2.45, 2.75) is 5.75 Å². The van der Waals surface area contributed by atoms with Crippen molar-refractivity contribution in [3.63, 3.8) is 0 Å². The number of anilines is 1. The van der Waals surface area contributed by atoms with Crippen LogP contribution in [0.15, 0.2) is 42.5 Å². The molecule has 0 aliphatic heterocycles. The Morgan fingerprint density at radius 2 is 1.75 bits per heavy atom. The summed E-state index contributed by atoms with van der Waals surface area (Å²) >= 11 is 19.3. The molecule has 10 heteroatoms. The van der Waals surface area contributed by atoms with E-state index in [1.165, 1.54) is 18.2 Å². The van der Waals surface area contributed by atoms with Gasteiger partial charge < -0.3 is 5.32 Å². The molecule has 0 atom stereocenters. The van der Waals surface area contributed by atoms with E-state index >= 15 is 0 Å². The van der Waals surface area contributed by atoms with Gasteiger partial charge in [-0.3, -0.25) is 9.10 Å². The molecule has 2 aromatic rings. The molecule has 1 amide bonds. The van der Waals surface area contributed by atoms with Gasteiger partial charge in [0.25, 0.3) is 0 Å². The van der Waals surface area contributed by atoms with Gasteiger partial charge in [0.15, 0.2) is 0 Å². The third-order valence-electron chi connectivity index (χ3n) is 3.63. The highest BCUT2D eigenvalue weighted by atomic mass is 35.5. The molecular formula is C18H19Cl3N2O3S2. The molecule has 0 heterocycles. The molecule has 0 radical (unpaired) electrons. The Morgan fingerprint density at radius 1 is 1.07 bits per heavy atom. The summed E-state index contributed by atoms with van der Waals surface area (Å²) < 4.78 is 25.1. The molecule has 1 N–H and O–H groups in total. The Hall–Kier alpha value is -1.12. The summed E-state index contributed by atoms with van der Waals surface area (Å²) in [7, 11) is -3.66. The Bertz CT molecular complexity index is 922. The number of halogens is 3. The largest absolute Gasteiger partial charge is 0.354 e. The number of sulfonamides is 1. The molecular weight excluding hydrogens is 463 g/mol. The zero-order valence-electron chi connectivity index (χ0n) is 15.0. The molecule has 152 valence electrons. The van der Waals surface area contributed by atoms with Gasteiger partial charge in [-0.05, 0) is 35.9 Å². The fraction of sp³-hybridized carbons (Fsp3) is 0.278. The van der Waals surface area contributed by atoms with E-state index < -0.39 is 15.9 Å². The zero-order chi connectivity index (χ0) is 20.7. The van der Waals surface area contributed by atoms with Crippen molar-refractivity contribution < 1.29 is 13.2 Å². The lowest BCUT2D eigenvalue weighted by Crippen LogP contribution is -2.41. The summed E-state index contributed by atoms with van der Waals surface area (Å²) in [6.45, 7) is 0.0920. The second-order valence-corrected chi connectivity index (χ2v) is 10.2. The lowest BCUT2D eigenvalue weighted by molar-refractivity contribution is -0.119. The second-order valence-electron chi connectivity index (χ2n) is 5.90. The number of amides is 1. The molecule has 0 aromatic heterocycles. The van der Waals surface area contributed by atoms with Crippen molar-refractivity contribution in [3.05, 3.63) is 63.1 Å². The van der Waals surface area contributed by atoms with Crippen LogP contribution in [0.5, 0.6) is 0 Å². The summed E-state index contributed by atoms with van der Waals surface area (Å²) in [5.74, 6) is 1.09. The van der Waals surface area contributed by atoms with Crippen molar-refractivity contribution >= 4 is 68.2 Å². The summed E-state index contributed by atoms with van der Waals surface area (Å²) in [6.07, 6.45) is 1.03. The van der Waals surface area contributed by atoms with Crippen LogP contribution in [0.25, 0.3) is 0 Å². The first-order chi connectivity index (χ1) is 13.2. The second kappa shape index (κ2) is 10.6. The first-order valence-corrected chi connectivity index (χ1v) is 12.3. The van der Waals surface area contributed by atoms with Crippen molar-refractivity contribution in [2.24, 2.45) is 0 Å². The fourth-order valence-electron chi connectivity index (χ4n) is 2.26. The van der Waals surface area contributed by atoms with Crippen LogP contribution in [0.1, 0.15) is 5.56 Å². The molecule has 28 heavy (non-hydrogen) atoms. The van der Waals surface area contributed by atoms with E-state index in [1.54, 1.807) is 11.8 Å². The third kappa shape index (κ3) is 7.37. The van der Waals surface area contributed by atoms with Crippen LogP contribution in [0.3, 0.4) is 0 Å². The van der Waals surface area contributed by atoms with Crippen LogP contribution < -0.4 is 9.62 Å². The Morgan fingerprint density at radius 3 is 2.36 bits per heavy atom. The van der Waals surface area contributed by atoms with Gasteiger partial charge in [0.2, 0.25) is 15.9 Å². The number of hydrogen-bond acceptors (Lipinski definition) is 4. The third-order valence-corrected chi connectivity index (χ3v) is 6.79. The topological polar surface area (TPSA) is 66.5 Å². The smallest absolute Gasteiger partial charge is 0.240 e. The number of carbonyl (C=O) groups is 1. The van der Waals surface area contributed by atoms with E-state index in [0.717, 1.165) is 21.9 Å². The Kier molecular flexibility index (Phi) is 8.77. The van der Waals surface area contributed by atoms with Crippen molar-refractivity contribution in [3.8, 4) is 0 Å². The molecule has 0 saturated heterocycles. The molecule has 0 aliphatic rings. The van der Waals surface area contributed by atoms with E-state index in [0.29, 0.717) is 22.3 Å². The van der Waals surface area contributed by atoms with Crippen LogP contribution in [-0.4, -0.2) is 39.4 Å². The summed E-state index contributed by atoms with van der Waals surface area (Å²) in [5, 5.41) is 3.94. The number of carbonyl (C=O) groups excluding carboxylic acids is 1. The lowest BCUT2D eigenvalue weighted by atomic mass is 10.2. The summed E-state index contributed by atoms with van der Waals surface area (Å²) in [4.78, 5) is 12.2. The average molecular weight is 482 g/mol. The van der Waals surface area contributed by atoms with Crippen LogP contribution in [0, 0.1) is 0 Å². The van der Waals surface area contributed by atoms with E-state index in [1.807, 2.05) is 24.3 Å². The first kappa shape index (κ1) is 23.2. The van der Waals surface area contributed by atoms with E-state index in [4.69, 9.17) is 34.8 Å². The van der Waals surface area contributed by atoms with Gasteiger partial charge in [0.05, 0.1) is 22.0 Å². The minimum atomic E-state index is -3.66. The van der Waals surface area contributed by atoms with Crippen molar-refractivity contribution in [1.29, 1.82) is 0 Å². The monoisotopic (exact) mass is 480 g/mol. The zero-order valence-corrected chi connectivity index (χ0v) is 18.9. The maximum absolute atomic E-state index is 12.2. The van der Waals surface area contributed by atoms with Gasteiger partial charge >= 0.3 is 0 Å². The number of benzene rings is 2. The van der Waals surface area contributed by atoms with Gasteiger partial charge in [0.1, 0.15) is 6.54 Å². The van der Waals surface area contributed by atoms with Gasteiger partial charge in [0, 0.05) is 23.1 Å². The highest BCUT2D eigenvalue weighted by molar-refractivity contribution is 7.98. The molecule has 0 unspecified atom stereocenters. The average Bonchev–Trinajstić information content (AvgIpc) is 2.62. The molecule has 2 rings (SSSR count). The van der Waals surface area contributed by atoms with E-state index in [-0.39, 0.29) is 17.3 Å². The Labute approximate surface area is 184 Å². The molecule has 5 nitrogen and oxygen atoms in total. The fourth-order valence-corrected chi connectivity index (χ4v) is 4.35.